The summed E-state index contributed by atoms with van der Waals surface area (Å²) in [5.41, 5.74) is 2.16. The molecule has 0 bridgehead atoms. The van der Waals surface area contributed by atoms with Crippen LogP contribution in [0.5, 0.6) is 5.75 Å². The van der Waals surface area contributed by atoms with E-state index in [1.807, 2.05) is 31.2 Å². The van der Waals surface area contributed by atoms with Crippen molar-refractivity contribution in [2.45, 2.75) is 26.3 Å². The van der Waals surface area contributed by atoms with Gasteiger partial charge >= 0.3 is 5.76 Å². The van der Waals surface area contributed by atoms with E-state index in [1.54, 1.807) is 7.11 Å². The first kappa shape index (κ1) is 22.2. The highest BCUT2D eigenvalue weighted by Gasteiger charge is 2.15. The molecule has 0 radical (unpaired) electrons. The number of carbonyl (C=O) groups is 1. The van der Waals surface area contributed by atoms with Gasteiger partial charge in [0, 0.05) is 29.5 Å². The average molecular weight is 468 g/mol. The molecule has 0 aliphatic carbocycles. The van der Waals surface area contributed by atoms with Crippen LogP contribution in [0.25, 0.3) is 22.4 Å². The topological polar surface area (TPSA) is 130 Å². The lowest BCUT2D eigenvalue weighted by molar-refractivity contribution is -0.384. The van der Waals surface area contributed by atoms with E-state index >= 15 is 0 Å². The molecular formula is C22H20N4O6S. The minimum Gasteiger partial charge on any atom is -0.497 e. The number of nitro benzene ring substituents is 1. The molecule has 0 unspecified atom stereocenters. The van der Waals surface area contributed by atoms with Crippen molar-refractivity contribution in [1.29, 1.82) is 0 Å². The summed E-state index contributed by atoms with van der Waals surface area (Å²) in [5.74, 6) is -0.0880. The minimum absolute atomic E-state index is 0.142. The maximum atomic E-state index is 12.4. The van der Waals surface area contributed by atoms with Crippen molar-refractivity contribution < 1.29 is 18.9 Å². The van der Waals surface area contributed by atoms with Crippen molar-refractivity contribution in [2.75, 3.05) is 12.4 Å². The fraction of sp³-hybridized carbons (Fsp3) is 0.227. The lowest BCUT2D eigenvalue weighted by Gasteiger charge is -2.03. The summed E-state index contributed by atoms with van der Waals surface area (Å²) in [6.45, 7) is 2.18. The number of fused-ring (bicyclic) bond motifs is 1. The predicted molar refractivity (Wildman–Crippen MR) is 124 cm³/mol. The minimum atomic E-state index is -0.620. The fourth-order valence-corrected chi connectivity index (χ4v) is 4.28. The summed E-state index contributed by atoms with van der Waals surface area (Å²) in [7, 11) is 1.61. The number of amides is 1. The van der Waals surface area contributed by atoms with Crippen molar-refractivity contribution in [3.05, 3.63) is 68.0 Å². The molecule has 0 atom stereocenters. The Morgan fingerprint density at radius 1 is 1.27 bits per heavy atom. The van der Waals surface area contributed by atoms with Gasteiger partial charge in [-0.2, -0.15) is 0 Å². The molecule has 0 spiro atoms. The predicted octanol–water partition coefficient (Wildman–Crippen LogP) is 4.36. The van der Waals surface area contributed by atoms with Gasteiger partial charge in [-0.1, -0.05) is 0 Å². The normalized spacial score (nSPS) is 11.0. The first-order chi connectivity index (χ1) is 15.9. The number of rotatable bonds is 8. The van der Waals surface area contributed by atoms with Crippen LogP contribution in [0, 0.1) is 17.0 Å². The van der Waals surface area contributed by atoms with Crippen LogP contribution in [0.2, 0.25) is 0 Å². The van der Waals surface area contributed by atoms with Gasteiger partial charge in [-0.3, -0.25) is 19.5 Å². The second-order valence-electron chi connectivity index (χ2n) is 7.23. The summed E-state index contributed by atoms with van der Waals surface area (Å²) < 4.78 is 11.6. The Bertz CT molecular complexity index is 1390. The number of oxazole rings is 1. The molecule has 2 heterocycles. The number of nitrogens with zero attached hydrogens (tertiary/aromatic N) is 3. The molecule has 4 rings (SSSR count). The van der Waals surface area contributed by atoms with Gasteiger partial charge in [-0.05, 0) is 43.7 Å². The van der Waals surface area contributed by atoms with E-state index in [0.29, 0.717) is 17.1 Å². The number of hydrogen-bond donors (Lipinski definition) is 1. The number of benzene rings is 2. The van der Waals surface area contributed by atoms with Gasteiger partial charge in [0.05, 0.1) is 29.3 Å². The molecule has 1 N–H and O–H groups in total. The summed E-state index contributed by atoms with van der Waals surface area (Å²) in [4.78, 5) is 40.4. The van der Waals surface area contributed by atoms with Crippen LogP contribution < -0.4 is 15.8 Å². The highest BCUT2D eigenvalue weighted by atomic mass is 32.1. The highest BCUT2D eigenvalue weighted by molar-refractivity contribution is 7.16. The second-order valence-corrected chi connectivity index (χ2v) is 8.44. The van der Waals surface area contributed by atoms with Gasteiger partial charge in [0.25, 0.3) is 5.69 Å². The molecule has 11 heteroatoms. The Morgan fingerprint density at radius 2 is 2.03 bits per heavy atom. The summed E-state index contributed by atoms with van der Waals surface area (Å²) in [6, 6.07) is 11.5. The molecule has 0 saturated heterocycles. The number of ether oxygens (including phenoxy) is 1. The molecule has 1 amide bonds. The Balaban J connectivity index is 1.38. The summed E-state index contributed by atoms with van der Waals surface area (Å²) >= 11 is 1.39. The van der Waals surface area contributed by atoms with E-state index in [1.165, 1.54) is 34.1 Å². The second kappa shape index (κ2) is 9.25. The molecule has 0 fully saturated rings. The van der Waals surface area contributed by atoms with Crippen molar-refractivity contribution in [3.8, 4) is 17.0 Å². The maximum absolute atomic E-state index is 12.4. The van der Waals surface area contributed by atoms with Gasteiger partial charge in [0.1, 0.15) is 5.75 Å². The Labute approximate surface area is 191 Å². The van der Waals surface area contributed by atoms with Crippen molar-refractivity contribution >= 4 is 39.2 Å². The lowest BCUT2D eigenvalue weighted by atomic mass is 10.1. The molecule has 0 aliphatic heterocycles. The molecular weight excluding hydrogens is 448 g/mol. The molecule has 10 nitrogen and oxygen atoms in total. The third-order valence-corrected chi connectivity index (χ3v) is 5.94. The largest absolute Gasteiger partial charge is 0.497 e. The molecule has 2 aromatic heterocycles. The van der Waals surface area contributed by atoms with Gasteiger partial charge in [0.15, 0.2) is 10.7 Å². The van der Waals surface area contributed by atoms with Crippen LogP contribution >= 0.6 is 11.3 Å². The van der Waals surface area contributed by atoms with Crippen LogP contribution in [0.1, 0.15) is 17.7 Å². The summed E-state index contributed by atoms with van der Waals surface area (Å²) in [6.07, 6.45) is 0.551. The third-order valence-electron chi connectivity index (χ3n) is 5.05. The van der Waals surface area contributed by atoms with Gasteiger partial charge in [-0.15, -0.1) is 11.3 Å². The smallest absolute Gasteiger partial charge is 0.419 e. The molecule has 0 aliphatic rings. The third kappa shape index (κ3) is 4.77. The first-order valence-corrected chi connectivity index (χ1v) is 10.9. The van der Waals surface area contributed by atoms with Crippen molar-refractivity contribution in [3.63, 3.8) is 0 Å². The number of hydrogen-bond acceptors (Lipinski definition) is 8. The number of thiazole rings is 1. The van der Waals surface area contributed by atoms with Gasteiger partial charge in [-0.25, -0.2) is 9.78 Å². The van der Waals surface area contributed by atoms with E-state index in [0.717, 1.165) is 21.9 Å². The van der Waals surface area contributed by atoms with Crippen LogP contribution in [0.15, 0.2) is 51.7 Å². The fourth-order valence-electron chi connectivity index (χ4n) is 3.43. The van der Waals surface area contributed by atoms with E-state index in [4.69, 9.17) is 9.15 Å². The molecule has 4 aromatic rings. The van der Waals surface area contributed by atoms with Crippen LogP contribution in [-0.4, -0.2) is 27.5 Å². The van der Waals surface area contributed by atoms with Gasteiger partial charge in [0.2, 0.25) is 5.91 Å². The number of aromatic nitrogens is 2. The molecule has 0 saturated carbocycles. The number of methoxy groups -OCH3 is 1. The average Bonchev–Trinajstić information content (AvgIpc) is 3.31. The quantitative estimate of drug-likeness (QED) is 0.300. The number of nitro groups is 1. The monoisotopic (exact) mass is 468 g/mol. The Kier molecular flexibility index (Phi) is 6.22. The van der Waals surface area contributed by atoms with E-state index in [9.17, 15) is 19.7 Å². The number of carbonyl (C=O) groups excluding carboxylic acids is 1. The van der Waals surface area contributed by atoms with Crippen molar-refractivity contribution in [2.24, 2.45) is 0 Å². The first-order valence-electron chi connectivity index (χ1n) is 10.0. The van der Waals surface area contributed by atoms with E-state index < -0.39 is 10.7 Å². The van der Waals surface area contributed by atoms with Crippen LogP contribution in [0.4, 0.5) is 10.8 Å². The number of aryl methyl sites for hydroxylation is 2. The highest BCUT2D eigenvalue weighted by Crippen LogP contribution is 2.31. The summed E-state index contributed by atoms with van der Waals surface area (Å²) in [5, 5.41) is 14.2. The Morgan fingerprint density at radius 3 is 2.73 bits per heavy atom. The SMILES string of the molecule is COc1ccc(-c2nc(NC(=O)CCCn3c(=O)oc4cc([N+](=O)[O-])ccc43)sc2C)cc1. The molecule has 170 valence electrons. The van der Waals surface area contributed by atoms with E-state index in [2.05, 4.69) is 10.3 Å². The number of anilines is 1. The standard InChI is InChI=1S/C22H20N4O6S/c1-13-20(14-5-8-16(31-2)9-6-14)24-21(33-13)23-19(27)4-3-11-25-17-10-7-15(26(29)30)12-18(17)32-22(25)28/h5-10,12H,3-4,11H2,1-2H3,(H,23,24,27). The zero-order valence-electron chi connectivity index (χ0n) is 17.9. The maximum Gasteiger partial charge on any atom is 0.419 e. The van der Waals surface area contributed by atoms with Crippen LogP contribution in [-0.2, 0) is 11.3 Å². The van der Waals surface area contributed by atoms with Crippen LogP contribution in [0.3, 0.4) is 0 Å². The van der Waals surface area contributed by atoms with Gasteiger partial charge < -0.3 is 14.5 Å². The number of nitrogens with one attached hydrogen (secondary N) is 1. The van der Waals surface area contributed by atoms with Crippen molar-refractivity contribution in [1.82, 2.24) is 9.55 Å². The lowest BCUT2D eigenvalue weighted by Crippen LogP contribution is -2.17. The zero-order valence-corrected chi connectivity index (χ0v) is 18.7. The molecule has 33 heavy (non-hydrogen) atoms. The van der Waals surface area contributed by atoms with E-state index in [-0.39, 0.29) is 30.1 Å². The number of non-ortho nitro benzene ring substituents is 1. The molecule has 2 aromatic carbocycles. The zero-order chi connectivity index (χ0) is 23.5. The Hall–Kier alpha value is -3.99.